The molecule has 0 aliphatic heterocycles. The van der Waals surface area contributed by atoms with Crippen molar-refractivity contribution in [2.75, 3.05) is 24.6 Å². The van der Waals surface area contributed by atoms with Crippen LogP contribution in [0.4, 0.5) is 0 Å². The van der Waals surface area contributed by atoms with Crippen LogP contribution in [0.25, 0.3) is 0 Å². The summed E-state index contributed by atoms with van der Waals surface area (Å²) in [4.78, 5) is 11.3. The van der Waals surface area contributed by atoms with Gasteiger partial charge < -0.3 is 10.6 Å². The zero-order valence-corrected chi connectivity index (χ0v) is 9.82. The molecule has 1 atom stereocenters. The predicted octanol–water partition coefficient (Wildman–Crippen LogP) is 1.02. The molecule has 0 radical (unpaired) electrons. The lowest BCUT2D eigenvalue weighted by Gasteiger charge is -2.12. The Morgan fingerprint density at radius 2 is 2.36 bits per heavy atom. The van der Waals surface area contributed by atoms with Gasteiger partial charge in [-0.25, -0.2) is 0 Å². The molecule has 0 rings (SSSR count). The van der Waals surface area contributed by atoms with Crippen molar-refractivity contribution in [3.8, 4) is 0 Å². The van der Waals surface area contributed by atoms with E-state index in [2.05, 4.69) is 17.2 Å². The topological polar surface area (TPSA) is 41.1 Å². The molecule has 0 aromatic heterocycles. The van der Waals surface area contributed by atoms with Gasteiger partial charge in [0, 0.05) is 24.6 Å². The number of amides is 1. The number of carbonyl (C=O) groups is 1. The summed E-state index contributed by atoms with van der Waals surface area (Å²) in [5.74, 6) is 2.05. The minimum absolute atomic E-state index is 0.0706. The quantitative estimate of drug-likeness (QED) is 0.470. The molecule has 0 bridgehead atoms. The second-order valence-electron chi connectivity index (χ2n) is 2.93. The van der Waals surface area contributed by atoms with E-state index in [1.807, 2.05) is 31.7 Å². The van der Waals surface area contributed by atoms with E-state index in [0.717, 1.165) is 18.1 Å². The summed E-state index contributed by atoms with van der Waals surface area (Å²) in [7, 11) is 0. The third-order valence-electron chi connectivity index (χ3n) is 1.68. The average Bonchev–Trinajstić information content (AvgIpc) is 2.17. The van der Waals surface area contributed by atoms with Gasteiger partial charge in [-0.1, -0.05) is 6.08 Å². The molecular formula is C10H20N2OS. The highest BCUT2D eigenvalue weighted by molar-refractivity contribution is 7.99. The second kappa shape index (κ2) is 9.09. The zero-order chi connectivity index (χ0) is 10.8. The molecule has 14 heavy (non-hydrogen) atoms. The molecule has 0 heterocycles. The first-order valence-electron chi connectivity index (χ1n) is 4.92. The third kappa shape index (κ3) is 6.97. The van der Waals surface area contributed by atoms with Gasteiger partial charge in [0.2, 0.25) is 5.91 Å². The lowest BCUT2D eigenvalue weighted by atomic mass is 10.3. The first-order valence-corrected chi connectivity index (χ1v) is 6.07. The molecule has 0 saturated heterocycles. The van der Waals surface area contributed by atoms with Crippen LogP contribution in [0.3, 0.4) is 0 Å². The number of nitrogens with one attached hydrogen (secondary N) is 2. The van der Waals surface area contributed by atoms with Crippen LogP contribution in [0.2, 0.25) is 0 Å². The Bertz CT molecular complexity index is 174. The molecule has 82 valence electrons. The predicted molar refractivity (Wildman–Crippen MR) is 63.7 cm³/mol. The maximum Gasteiger partial charge on any atom is 0.236 e. The van der Waals surface area contributed by atoms with Crippen LogP contribution >= 0.6 is 11.8 Å². The lowest BCUT2D eigenvalue weighted by Crippen LogP contribution is -2.42. The first kappa shape index (κ1) is 13.5. The highest BCUT2D eigenvalue weighted by Crippen LogP contribution is 1.97. The fraction of sp³-hybridized carbons (Fsp3) is 0.700. The van der Waals surface area contributed by atoms with Gasteiger partial charge in [-0.05, 0) is 13.8 Å². The number of likely N-dealkylation sites (N-methyl/N-ethyl adjacent to an activating group) is 1. The van der Waals surface area contributed by atoms with Crippen LogP contribution in [-0.4, -0.2) is 36.5 Å². The molecule has 1 amide bonds. The summed E-state index contributed by atoms with van der Waals surface area (Å²) < 4.78 is 0. The minimum Gasteiger partial charge on any atom is -0.355 e. The smallest absolute Gasteiger partial charge is 0.236 e. The normalized spacial score (nSPS) is 12.1. The van der Waals surface area contributed by atoms with Crippen molar-refractivity contribution < 1.29 is 4.79 Å². The van der Waals surface area contributed by atoms with Gasteiger partial charge in [-0.2, -0.15) is 11.8 Å². The van der Waals surface area contributed by atoms with Crippen molar-refractivity contribution in [3.05, 3.63) is 12.7 Å². The largest absolute Gasteiger partial charge is 0.355 e. The number of carbonyl (C=O) groups excluding carboxylic acids is 1. The number of hydrogen-bond acceptors (Lipinski definition) is 3. The van der Waals surface area contributed by atoms with E-state index in [4.69, 9.17) is 0 Å². The monoisotopic (exact) mass is 216 g/mol. The van der Waals surface area contributed by atoms with Crippen molar-refractivity contribution in [2.45, 2.75) is 19.9 Å². The van der Waals surface area contributed by atoms with Gasteiger partial charge in [-0.3, -0.25) is 4.79 Å². The second-order valence-corrected chi connectivity index (χ2v) is 4.08. The van der Waals surface area contributed by atoms with E-state index < -0.39 is 0 Å². The summed E-state index contributed by atoms with van der Waals surface area (Å²) in [6.07, 6.45) is 1.89. The van der Waals surface area contributed by atoms with E-state index in [0.29, 0.717) is 6.54 Å². The van der Waals surface area contributed by atoms with E-state index in [-0.39, 0.29) is 11.9 Å². The van der Waals surface area contributed by atoms with Crippen molar-refractivity contribution in [3.63, 3.8) is 0 Å². The Kier molecular flexibility index (Phi) is 8.78. The molecular weight excluding hydrogens is 196 g/mol. The summed E-state index contributed by atoms with van der Waals surface area (Å²) in [6.45, 7) is 8.99. The Balaban J connectivity index is 3.38. The molecule has 0 aliphatic rings. The number of thioether (sulfide) groups is 1. The third-order valence-corrected chi connectivity index (χ3v) is 2.64. The van der Waals surface area contributed by atoms with Gasteiger partial charge in [0.25, 0.3) is 0 Å². The van der Waals surface area contributed by atoms with Gasteiger partial charge in [-0.15, -0.1) is 6.58 Å². The molecule has 0 aliphatic carbocycles. The Morgan fingerprint density at radius 1 is 1.64 bits per heavy atom. The molecule has 3 nitrogen and oxygen atoms in total. The Morgan fingerprint density at radius 3 is 2.93 bits per heavy atom. The molecule has 0 saturated carbocycles. The van der Waals surface area contributed by atoms with E-state index in [9.17, 15) is 4.79 Å². The first-order chi connectivity index (χ1) is 6.72. The van der Waals surface area contributed by atoms with Crippen molar-refractivity contribution in [1.29, 1.82) is 0 Å². The van der Waals surface area contributed by atoms with Crippen molar-refractivity contribution in [1.82, 2.24) is 10.6 Å². The van der Waals surface area contributed by atoms with E-state index >= 15 is 0 Å². The molecule has 0 aromatic carbocycles. The van der Waals surface area contributed by atoms with Crippen LogP contribution < -0.4 is 10.6 Å². The SMILES string of the molecule is C=CCSCCNC(C)C(=O)NCC. The summed E-state index contributed by atoms with van der Waals surface area (Å²) in [5.41, 5.74) is 0. The van der Waals surface area contributed by atoms with Gasteiger partial charge in [0.15, 0.2) is 0 Å². The van der Waals surface area contributed by atoms with Crippen LogP contribution in [0.5, 0.6) is 0 Å². The van der Waals surface area contributed by atoms with Crippen LogP contribution in [0, 0.1) is 0 Å². The number of hydrogen-bond donors (Lipinski definition) is 2. The minimum atomic E-state index is -0.0979. The summed E-state index contributed by atoms with van der Waals surface area (Å²) >= 11 is 1.81. The molecule has 0 fully saturated rings. The van der Waals surface area contributed by atoms with Gasteiger partial charge in [0.1, 0.15) is 0 Å². The van der Waals surface area contributed by atoms with Crippen LogP contribution in [-0.2, 0) is 4.79 Å². The maximum atomic E-state index is 11.3. The maximum absolute atomic E-state index is 11.3. The van der Waals surface area contributed by atoms with Gasteiger partial charge in [0.05, 0.1) is 6.04 Å². The Labute approximate surface area is 90.7 Å². The zero-order valence-electron chi connectivity index (χ0n) is 9.01. The van der Waals surface area contributed by atoms with E-state index in [1.54, 1.807) is 0 Å². The lowest BCUT2D eigenvalue weighted by molar-refractivity contribution is -0.122. The van der Waals surface area contributed by atoms with Crippen LogP contribution in [0.1, 0.15) is 13.8 Å². The highest BCUT2D eigenvalue weighted by Gasteiger charge is 2.09. The summed E-state index contributed by atoms with van der Waals surface area (Å²) in [6, 6.07) is -0.0979. The summed E-state index contributed by atoms with van der Waals surface area (Å²) in [5, 5.41) is 5.93. The molecule has 0 aromatic rings. The van der Waals surface area contributed by atoms with Gasteiger partial charge >= 0.3 is 0 Å². The van der Waals surface area contributed by atoms with Crippen molar-refractivity contribution in [2.24, 2.45) is 0 Å². The highest BCUT2D eigenvalue weighted by atomic mass is 32.2. The Hall–Kier alpha value is -0.480. The number of rotatable bonds is 8. The standard InChI is InChI=1S/C10H20N2OS/c1-4-7-14-8-6-12-9(3)10(13)11-5-2/h4,9,12H,1,5-8H2,2-3H3,(H,11,13). The molecule has 4 heteroatoms. The average molecular weight is 216 g/mol. The van der Waals surface area contributed by atoms with Crippen LogP contribution in [0.15, 0.2) is 12.7 Å². The van der Waals surface area contributed by atoms with E-state index in [1.165, 1.54) is 0 Å². The molecule has 2 N–H and O–H groups in total. The fourth-order valence-electron chi connectivity index (χ4n) is 0.934. The molecule has 0 spiro atoms. The van der Waals surface area contributed by atoms with Crippen molar-refractivity contribution >= 4 is 17.7 Å². The fourth-order valence-corrected chi connectivity index (χ4v) is 1.53. The molecule has 1 unspecified atom stereocenters.